The number of ketones is 1. The standard InChI is InChI=1S/C30H32N4O3S/c1-19(2)23-14-16-27(17-15-23)37-21(4)28-32-33-30(34(28)26-12-7-6-8-13-26)38-22(5)29(36)31-25-11-9-10-24(18-25)20(3)35/h6-19,21-22H,1-5H3,(H,31,36). The number of hydrogen-bond acceptors (Lipinski definition) is 6. The fourth-order valence-corrected chi connectivity index (χ4v) is 4.77. The molecule has 1 amide bonds. The Morgan fingerprint density at radius 1 is 0.895 bits per heavy atom. The van der Waals surface area contributed by atoms with Gasteiger partial charge < -0.3 is 10.1 Å². The van der Waals surface area contributed by atoms with Crippen LogP contribution in [-0.4, -0.2) is 31.7 Å². The van der Waals surface area contributed by atoms with Gasteiger partial charge in [-0.3, -0.25) is 14.2 Å². The molecule has 0 bridgehead atoms. The Morgan fingerprint density at radius 2 is 1.61 bits per heavy atom. The molecule has 0 aliphatic rings. The predicted octanol–water partition coefficient (Wildman–Crippen LogP) is 6.85. The highest BCUT2D eigenvalue weighted by atomic mass is 32.2. The van der Waals surface area contributed by atoms with Crippen molar-refractivity contribution in [2.75, 3.05) is 5.32 Å². The molecule has 0 radical (unpaired) electrons. The van der Waals surface area contributed by atoms with Crippen LogP contribution in [0.1, 0.15) is 68.4 Å². The minimum Gasteiger partial charge on any atom is -0.483 e. The van der Waals surface area contributed by atoms with Gasteiger partial charge in [0.15, 0.2) is 22.9 Å². The molecule has 1 heterocycles. The molecule has 8 heteroatoms. The van der Waals surface area contributed by atoms with Crippen molar-refractivity contribution < 1.29 is 14.3 Å². The van der Waals surface area contributed by atoms with E-state index in [0.717, 1.165) is 11.4 Å². The SMILES string of the molecule is CC(=O)c1cccc(NC(=O)C(C)Sc2nnc(C(C)Oc3ccc(C(C)C)cc3)n2-c2ccccc2)c1. The van der Waals surface area contributed by atoms with E-state index < -0.39 is 5.25 Å². The van der Waals surface area contributed by atoms with Crippen LogP contribution < -0.4 is 10.1 Å². The lowest BCUT2D eigenvalue weighted by atomic mass is 10.0. The second-order valence-electron chi connectivity index (χ2n) is 9.38. The summed E-state index contributed by atoms with van der Waals surface area (Å²) in [5.41, 5.74) is 3.24. The lowest BCUT2D eigenvalue weighted by Crippen LogP contribution is -2.23. The summed E-state index contributed by atoms with van der Waals surface area (Å²) >= 11 is 1.31. The summed E-state index contributed by atoms with van der Waals surface area (Å²) < 4.78 is 8.16. The molecule has 0 fully saturated rings. The van der Waals surface area contributed by atoms with E-state index in [2.05, 4.69) is 41.5 Å². The topological polar surface area (TPSA) is 86.1 Å². The number of anilines is 1. The molecule has 0 saturated carbocycles. The van der Waals surface area contributed by atoms with Crippen molar-refractivity contribution in [2.24, 2.45) is 0 Å². The van der Waals surface area contributed by atoms with Gasteiger partial charge in [-0.15, -0.1) is 10.2 Å². The van der Waals surface area contributed by atoms with Crippen LogP contribution in [0.5, 0.6) is 5.75 Å². The average Bonchev–Trinajstić information content (AvgIpc) is 3.33. The van der Waals surface area contributed by atoms with Gasteiger partial charge in [0.05, 0.1) is 5.25 Å². The number of benzene rings is 3. The number of para-hydroxylation sites is 1. The fourth-order valence-electron chi connectivity index (χ4n) is 3.90. The molecule has 0 saturated heterocycles. The van der Waals surface area contributed by atoms with Crippen molar-refractivity contribution in [3.8, 4) is 11.4 Å². The maximum atomic E-state index is 13.0. The van der Waals surface area contributed by atoms with Crippen LogP contribution in [0, 0.1) is 0 Å². The van der Waals surface area contributed by atoms with Gasteiger partial charge in [-0.1, -0.05) is 68.1 Å². The molecular formula is C30H32N4O3S. The van der Waals surface area contributed by atoms with Crippen molar-refractivity contribution in [1.82, 2.24) is 14.8 Å². The molecule has 1 N–H and O–H groups in total. The highest BCUT2D eigenvalue weighted by molar-refractivity contribution is 8.00. The number of nitrogens with one attached hydrogen (secondary N) is 1. The maximum Gasteiger partial charge on any atom is 0.237 e. The predicted molar refractivity (Wildman–Crippen MR) is 151 cm³/mol. The minimum atomic E-state index is -0.477. The second-order valence-corrected chi connectivity index (χ2v) is 10.7. The Morgan fingerprint density at radius 3 is 2.26 bits per heavy atom. The molecule has 0 spiro atoms. The zero-order chi connectivity index (χ0) is 27.2. The molecule has 0 aliphatic carbocycles. The third-order valence-electron chi connectivity index (χ3n) is 6.08. The monoisotopic (exact) mass is 528 g/mol. The van der Waals surface area contributed by atoms with Gasteiger partial charge in [-0.25, -0.2) is 0 Å². The van der Waals surface area contributed by atoms with Crippen LogP contribution in [0.15, 0.2) is 84.0 Å². The molecule has 2 unspecified atom stereocenters. The average molecular weight is 529 g/mol. The zero-order valence-corrected chi connectivity index (χ0v) is 23.0. The van der Waals surface area contributed by atoms with E-state index in [0.29, 0.717) is 28.1 Å². The van der Waals surface area contributed by atoms with E-state index in [-0.39, 0.29) is 17.8 Å². The van der Waals surface area contributed by atoms with Gasteiger partial charge in [0, 0.05) is 16.9 Å². The molecule has 196 valence electrons. The first-order valence-corrected chi connectivity index (χ1v) is 13.5. The summed E-state index contributed by atoms with van der Waals surface area (Å²) in [6, 6.07) is 24.8. The van der Waals surface area contributed by atoms with Gasteiger partial charge in [0.2, 0.25) is 5.91 Å². The Bertz CT molecular complexity index is 1400. The number of aromatic nitrogens is 3. The number of thioether (sulfide) groups is 1. The number of rotatable bonds is 10. The Labute approximate surface area is 227 Å². The molecule has 4 aromatic rings. The Hall–Kier alpha value is -3.91. The van der Waals surface area contributed by atoms with Crippen molar-refractivity contribution in [3.05, 3.63) is 95.8 Å². The van der Waals surface area contributed by atoms with Gasteiger partial charge in [0.25, 0.3) is 0 Å². The fraction of sp³-hybridized carbons (Fsp3) is 0.267. The highest BCUT2D eigenvalue weighted by Crippen LogP contribution is 2.31. The summed E-state index contributed by atoms with van der Waals surface area (Å²) in [7, 11) is 0. The van der Waals surface area contributed by atoms with Gasteiger partial charge in [-0.05, 0) is 68.7 Å². The van der Waals surface area contributed by atoms with E-state index in [4.69, 9.17) is 4.74 Å². The number of ether oxygens (including phenoxy) is 1. The van der Waals surface area contributed by atoms with Gasteiger partial charge >= 0.3 is 0 Å². The van der Waals surface area contributed by atoms with Crippen molar-refractivity contribution in [3.63, 3.8) is 0 Å². The lowest BCUT2D eigenvalue weighted by molar-refractivity contribution is -0.115. The van der Waals surface area contributed by atoms with Crippen molar-refractivity contribution in [2.45, 2.75) is 57.0 Å². The highest BCUT2D eigenvalue weighted by Gasteiger charge is 2.24. The largest absolute Gasteiger partial charge is 0.483 e. The van der Waals surface area contributed by atoms with Gasteiger partial charge in [0.1, 0.15) is 5.75 Å². The van der Waals surface area contributed by atoms with Gasteiger partial charge in [-0.2, -0.15) is 0 Å². The first kappa shape index (κ1) is 27.1. The molecule has 1 aromatic heterocycles. The van der Waals surface area contributed by atoms with Crippen LogP contribution in [0.2, 0.25) is 0 Å². The third-order valence-corrected chi connectivity index (χ3v) is 7.13. The van der Waals surface area contributed by atoms with Crippen LogP contribution in [-0.2, 0) is 4.79 Å². The van der Waals surface area contributed by atoms with E-state index in [1.807, 2.05) is 60.9 Å². The number of hydrogen-bond donors (Lipinski definition) is 1. The number of nitrogens with zero attached hydrogens (tertiary/aromatic N) is 3. The van der Waals surface area contributed by atoms with Crippen LogP contribution in [0.3, 0.4) is 0 Å². The van der Waals surface area contributed by atoms with Crippen molar-refractivity contribution in [1.29, 1.82) is 0 Å². The molecule has 4 rings (SSSR count). The second kappa shape index (κ2) is 12.1. The number of carbonyl (C=O) groups is 2. The van der Waals surface area contributed by atoms with E-state index in [1.54, 1.807) is 24.3 Å². The summed E-state index contributed by atoms with van der Waals surface area (Å²) in [5.74, 6) is 1.57. The number of Topliss-reactive ketones (excluding diaryl/α,β-unsaturated/α-hetero) is 1. The quantitative estimate of drug-likeness (QED) is 0.179. The van der Waals surface area contributed by atoms with Crippen LogP contribution in [0.4, 0.5) is 5.69 Å². The van der Waals surface area contributed by atoms with E-state index in [1.165, 1.54) is 24.2 Å². The first-order chi connectivity index (χ1) is 18.2. The molecule has 2 atom stereocenters. The maximum absolute atomic E-state index is 13.0. The molecule has 7 nitrogen and oxygen atoms in total. The molecule has 3 aromatic carbocycles. The minimum absolute atomic E-state index is 0.0563. The Balaban J connectivity index is 1.55. The molecular weight excluding hydrogens is 496 g/mol. The summed E-state index contributed by atoms with van der Waals surface area (Å²) in [5, 5.41) is 11.9. The Kier molecular flexibility index (Phi) is 8.63. The van der Waals surface area contributed by atoms with Crippen LogP contribution in [0.25, 0.3) is 5.69 Å². The lowest BCUT2D eigenvalue weighted by Gasteiger charge is -2.18. The van der Waals surface area contributed by atoms with E-state index >= 15 is 0 Å². The molecule has 0 aliphatic heterocycles. The van der Waals surface area contributed by atoms with E-state index in [9.17, 15) is 9.59 Å². The first-order valence-electron chi connectivity index (χ1n) is 12.6. The summed E-state index contributed by atoms with van der Waals surface area (Å²) in [4.78, 5) is 24.7. The number of carbonyl (C=O) groups excluding carboxylic acids is 2. The number of amides is 1. The normalized spacial score (nSPS) is 12.7. The van der Waals surface area contributed by atoms with Crippen LogP contribution >= 0.6 is 11.8 Å². The summed E-state index contributed by atoms with van der Waals surface area (Å²) in [6.07, 6.45) is -0.389. The van der Waals surface area contributed by atoms with Crippen molar-refractivity contribution >= 4 is 29.1 Å². The zero-order valence-electron chi connectivity index (χ0n) is 22.2. The third kappa shape index (κ3) is 6.50. The smallest absolute Gasteiger partial charge is 0.237 e. The summed E-state index contributed by atoms with van der Waals surface area (Å²) in [6.45, 7) is 9.56. The molecule has 38 heavy (non-hydrogen) atoms.